The van der Waals surface area contributed by atoms with Gasteiger partial charge in [-0.3, -0.25) is 19.3 Å². The molecule has 29 heavy (non-hydrogen) atoms. The van der Waals surface area contributed by atoms with Crippen molar-refractivity contribution in [2.24, 2.45) is 5.92 Å². The Bertz CT molecular complexity index is 869. The SMILES string of the molecule is COC(=O)C1CCN(C(=O)CN2C(=O)NC(C)(c3ccc(Cl)c(Cl)c3)C2=O)CC1. The van der Waals surface area contributed by atoms with Crippen molar-refractivity contribution in [1.29, 1.82) is 0 Å². The lowest BCUT2D eigenvalue weighted by Crippen LogP contribution is -2.47. The Balaban J connectivity index is 1.68. The molecule has 1 aromatic rings. The molecule has 0 spiro atoms. The van der Waals surface area contributed by atoms with E-state index < -0.39 is 17.5 Å². The summed E-state index contributed by atoms with van der Waals surface area (Å²) in [5.41, 5.74) is -0.872. The van der Waals surface area contributed by atoms with Crippen LogP contribution in [0.1, 0.15) is 25.3 Å². The third-order valence-corrected chi connectivity index (χ3v) is 6.19. The smallest absolute Gasteiger partial charge is 0.325 e. The second kappa shape index (κ2) is 8.20. The highest BCUT2D eigenvalue weighted by Crippen LogP contribution is 2.33. The van der Waals surface area contributed by atoms with E-state index in [1.54, 1.807) is 24.0 Å². The first-order valence-corrected chi connectivity index (χ1v) is 9.88. The van der Waals surface area contributed by atoms with Gasteiger partial charge in [-0.1, -0.05) is 29.3 Å². The van der Waals surface area contributed by atoms with Gasteiger partial charge < -0.3 is 15.0 Å². The summed E-state index contributed by atoms with van der Waals surface area (Å²) in [6.07, 6.45) is 0.971. The van der Waals surface area contributed by atoms with Gasteiger partial charge in [-0.25, -0.2) is 4.79 Å². The number of nitrogens with one attached hydrogen (secondary N) is 1. The van der Waals surface area contributed by atoms with Gasteiger partial charge in [0.2, 0.25) is 5.91 Å². The van der Waals surface area contributed by atoms with E-state index in [0.29, 0.717) is 36.5 Å². The fourth-order valence-electron chi connectivity index (χ4n) is 3.61. The highest BCUT2D eigenvalue weighted by atomic mass is 35.5. The van der Waals surface area contributed by atoms with Crippen molar-refractivity contribution in [1.82, 2.24) is 15.1 Å². The average molecular weight is 442 g/mol. The van der Waals surface area contributed by atoms with Gasteiger partial charge in [-0.2, -0.15) is 0 Å². The molecule has 10 heteroatoms. The summed E-state index contributed by atoms with van der Waals surface area (Å²) >= 11 is 12.0. The number of esters is 1. The first kappa shape index (κ1) is 21.4. The van der Waals surface area contributed by atoms with Crippen molar-refractivity contribution < 1.29 is 23.9 Å². The van der Waals surface area contributed by atoms with E-state index in [1.807, 2.05) is 0 Å². The Morgan fingerprint density at radius 1 is 1.21 bits per heavy atom. The number of nitrogens with zero attached hydrogens (tertiary/aromatic N) is 2. The van der Waals surface area contributed by atoms with Crippen LogP contribution in [0, 0.1) is 5.92 Å². The molecule has 1 aromatic carbocycles. The van der Waals surface area contributed by atoms with Gasteiger partial charge in [0.15, 0.2) is 0 Å². The number of carbonyl (C=O) groups excluding carboxylic acids is 4. The Morgan fingerprint density at radius 2 is 1.86 bits per heavy atom. The molecule has 0 bridgehead atoms. The number of rotatable bonds is 4. The highest BCUT2D eigenvalue weighted by Gasteiger charge is 2.50. The van der Waals surface area contributed by atoms with Crippen molar-refractivity contribution in [3.05, 3.63) is 33.8 Å². The quantitative estimate of drug-likeness (QED) is 0.570. The minimum absolute atomic E-state index is 0.237. The summed E-state index contributed by atoms with van der Waals surface area (Å²) in [6.45, 7) is 1.92. The number of hydrogen-bond acceptors (Lipinski definition) is 5. The van der Waals surface area contributed by atoms with E-state index in [2.05, 4.69) is 5.32 Å². The van der Waals surface area contributed by atoms with Gasteiger partial charge in [0.05, 0.1) is 23.1 Å². The monoisotopic (exact) mass is 441 g/mol. The summed E-state index contributed by atoms with van der Waals surface area (Å²) in [5, 5.41) is 3.23. The second-order valence-corrected chi connectivity index (χ2v) is 8.07. The van der Waals surface area contributed by atoms with Crippen LogP contribution in [-0.2, 0) is 24.7 Å². The van der Waals surface area contributed by atoms with Gasteiger partial charge in [0.1, 0.15) is 12.1 Å². The Labute approximate surface area is 178 Å². The molecule has 3 rings (SSSR count). The first-order valence-electron chi connectivity index (χ1n) is 9.12. The van der Waals surface area contributed by atoms with Gasteiger partial charge in [0.25, 0.3) is 5.91 Å². The van der Waals surface area contributed by atoms with Crippen LogP contribution < -0.4 is 5.32 Å². The number of piperidine rings is 1. The number of likely N-dealkylation sites (tertiary alicyclic amines) is 1. The number of urea groups is 1. The lowest BCUT2D eigenvalue weighted by Gasteiger charge is -2.31. The van der Waals surface area contributed by atoms with Crippen molar-refractivity contribution in [2.75, 3.05) is 26.7 Å². The zero-order valence-corrected chi connectivity index (χ0v) is 17.5. The fourth-order valence-corrected chi connectivity index (χ4v) is 3.91. The minimum atomic E-state index is -1.34. The molecule has 2 saturated heterocycles. The van der Waals surface area contributed by atoms with Gasteiger partial charge in [0, 0.05) is 13.1 Å². The summed E-state index contributed by atoms with van der Waals surface area (Å²) in [6, 6.07) is 4.02. The standard InChI is InChI=1S/C19H21Cl2N3O5/c1-19(12-3-4-13(20)14(21)9-12)17(27)24(18(28)22-19)10-15(25)23-7-5-11(6-8-23)16(26)29-2/h3-4,9,11H,5-8,10H2,1-2H3,(H,22,28). The maximum atomic E-state index is 13.0. The van der Waals surface area contributed by atoms with Crippen molar-refractivity contribution in [3.63, 3.8) is 0 Å². The van der Waals surface area contributed by atoms with E-state index in [4.69, 9.17) is 27.9 Å². The van der Waals surface area contributed by atoms with E-state index in [9.17, 15) is 19.2 Å². The molecule has 2 fully saturated rings. The zero-order valence-electron chi connectivity index (χ0n) is 16.0. The lowest BCUT2D eigenvalue weighted by atomic mass is 9.92. The van der Waals surface area contributed by atoms with Crippen LogP contribution in [0.4, 0.5) is 4.79 Å². The second-order valence-electron chi connectivity index (χ2n) is 7.25. The largest absolute Gasteiger partial charge is 0.469 e. The molecule has 8 nitrogen and oxygen atoms in total. The maximum Gasteiger partial charge on any atom is 0.325 e. The van der Waals surface area contributed by atoms with Crippen LogP contribution in [-0.4, -0.2) is 60.4 Å². The molecule has 2 aliphatic rings. The van der Waals surface area contributed by atoms with E-state index in [0.717, 1.165) is 4.90 Å². The number of hydrogen-bond donors (Lipinski definition) is 1. The molecule has 1 N–H and O–H groups in total. The summed E-state index contributed by atoms with van der Waals surface area (Å²) in [4.78, 5) is 52.1. The Morgan fingerprint density at radius 3 is 2.45 bits per heavy atom. The molecule has 4 amide bonds. The molecule has 0 radical (unpaired) electrons. The third kappa shape index (κ3) is 4.04. The number of imide groups is 1. The number of carbonyl (C=O) groups is 4. The average Bonchev–Trinajstić information content (AvgIpc) is 2.93. The minimum Gasteiger partial charge on any atom is -0.469 e. The van der Waals surface area contributed by atoms with Crippen LogP contribution in [0.5, 0.6) is 0 Å². The molecule has 2 aliphatic heterocycles. The first-order chi connectivity index (χ1) is 13.7. The molecule has 1 atom stereocenters. The maximum absolute atomic E-state index is 13.0. The van der Waals surface area contributed by atoms with E-state index in [-0.39, 0.29) is 29.4 Å². The Kier molecular flexibility index (Phi) is 6.05. The van der Waals surface area contributed by atoms with Gasteiger partial charge >= 0.3 is 12.0 Å². The lowest BCUT2D eigenvalue weighted by molar-refractivity contribution is -0.149. The van der Waals surface area contributed by atoms with Crippen molar-refractivity contribution >= 4 is 47.0 Å². The predicted molar refractivity (Wildman–Crippen MR) is 105 cm³/mol. The van der Waals surface area contributed by atoms with Crippen LogP contribution in [0.3, 0.4) is 0 Å². The molecule has 1 unspecified atom stereocenters. The molecule has 0 aliphatic carbocycles. The molecule has 0 saturated carbocycles. The van der Waals surface area contributed by atoms with Gasteiger partial charge in [-0.05, 0) is 37.5 Å². The van der Waals surface area contributed by atoms with Crippen molar-refractivity contribution in [2.45, 2.75) is 25.3 Å². The summed E-state index contributed by atoms with van der Waals surface area (Å²) in [5.74, 6) is -1.42. The predicted octanol–water partition coefficient (Wildman–Crippen LogP) is 2.17. The van der Waals surface area contributed by atoms with Crippen LogP contribution >= 0.6 is 23.2 Å². The van der Waals surface area contributed by atoms with Crippen LogP contribution in [0.15, 0.2) is 18.2 Å². The topological polar surface area (TPSA) is 96.0 Å². The van der Waals surface area contributed by atoms with Gasteiger partial charge in [-0.15, -0.1) is 0 Å². The number of methoxy groups -OCH3 is 1. The molecular formula is C19H21Cl2N3O5. The molecule has 2 heterocycles. The van der Waals surface area contributed by atoms with Crippen molar-refractivity contribution in [3.8, 4) is 0 Å². The Hall–Kier alpha value is -2.32. The third-order valence-electron chi connectivity index (χ3n) is 5.45. The number of amides is 4. The number of benzene rings is 1. The van der Waals surface area contributed by atoms with Crippen LogP contribution in [0.2, 0.25) is 10.0 Å². The van der Waals surface area contributed by atoms with E-state index >= 15 is 0 Å². The summed E-state index contributed by atoms with van der Waals surface area (Å²) in [7, 11) is 1.34. The molecule has 0 aromatic heterocycles. The molecule has 156 valence electrons. The molecular weight excluding hydrogens is 421 g/mol. The zero-order chi connectivity index (χ0) is 21.3. The normalized spacial score (nSPS) is 22.6. The van der Waals surface area contributed by atoms with E-state index in [1.165, 1.54) is 13.2 Å². The number of ether oxygens (including phenoxy) is 1. The van der Waals surface area contributed by atoms with Crippen LogP contribution in [0.25, 0.3) is 0 Å². The highest BCUT2D eigenvalue weighted by molar-refractivity contribution is 6.42. The fraction of sp³-hybridized carbons (Fsp3) is 0.474. The number of halogens is 2. The summed E-state index contributed by atoms with van der Waals surface area (Å²) < 4.78 is 4.74.